The van der Waals surface area contributed by atoms with E-state index in [0.717, 1.165) is 26.3 Å². The number of allylic oxidation sites excluding steroid dienone is 2. The van der Waals surface area contributed by atoms with Crippen molar-refractivity contribution >= 4 is 0 Å². The van der Waals surface area contributed by atoms with E-state index in [9.17, 15) is 0 Å². The van der Waals surface area contributed by atoms with Crippen LogP contribution < -0.4 is 0 Å². The number of ether oxygens (including phenoxy) is 1. The molecule has 1 aliphatic rings. The van der Waals surface area contributed by atoms with Gasteiger partial charge in [0.25, 0.3) is 0 Å². The summed E-state index contributed by atoms with van der Waals surface area (Å²) in [4.78, 5) is 2.23. The molecule has 1 rings (SSSR count). The molecule has 0 saturated carbocycles. The molecule has 1 heterocycles. The summed E-state index contributed by atoms with van der Waals surface area (Å²) in [5.74, 6) is 0. The highest BCUT2D eigenvalue weighted by Crippen LogP contribution is 1.96. The molecule has 0 amide bonds. The van der Waals surface area contributed by atoms with E-state index in [2.05, 4.69) is 17.7 Å². The molecular formula is C8H13NO. The van der Waals surface area contributed by atoms with Gasteiger partial charge in [0.2, 0.25) is 0 Å². The number of hydrogen-bond donors (Lipinski definition) is 0. The Morgan fingerprint density at radius 1 is 1.30 bits per heavy atom. The first kappa shape index (κ1) is 7.35. The van der Waals surface area contributed by atoms with Crippen molar-refractivity contribution in [3.8, 4) is 0 Å². The smallest absolute Gasteiger partial charge is 0.0642 e. The van der Waals surface area contributed by atoms with Gasteiger partial charge in [-0.3, -0.25) is 0 Å². The molecule has 0 aromatic rings. The Morgan fingerprint density at radius 3 is 2.60 bits per heavy atom. The maximum absolute atomic E-state index is 5.18. The molecule has 0 spiro atoms. The maximum Gasteiger partial charge on any atom is 0.0642 e. The minimum absolute atomic E-state index is 0.849. The second-order valence-corrected chi connectivity index (χ2v) is 2.23. The fourth-order valence-electron chi connectivity index (χ4n) is 0.909. The first-order valence-electron chi connectivity index (χ1n) is 3.54. The van der Waals surface area contributed by atoms with Crippen molar-refractivity contribution in [1.82, 2.24) is 4.90 Å². The monoisotopic (exact) mass is 139 g/mol. The highest BCUT2D eigenvalue weighted by molar-refractivity contribution is 4.97. The molecule has 1 fully saturated rings. The van der Waals surface area contributed by atoms with E-state index < -0.39 is 0 Å². The lowest BCUT2D eigenvalue weighted by Crippen LogP contribution is -2.31. The second-order valence-electron chi connectivity index (χ2n) is 2.23. The highest BCUT2D eigenvalue weighted by atomic mass is 16.5. The molecule has 0 bridgehead atoms. The van der Waals surface area contributed by atoms with Crippen LogP contribution in [0.4, 0.5) is 0 Å². The van der Waals surface area contributed by atoms with Crippen molar-refractivity contribution < 1.29 is 4.74 Å². The Labute approximate surface area is 61.8 Å². The third-order valence-corrected chi connectivity index (χ3v) is 1.48. The zero-order valence-electron chi connectivity index (χ0n) is 6.12. The van der Waals surface area contributed by atoms with E-state index in [-0.39, 0.29) is 0 Å². The quantitative estimate of drug-likeness (QED) is 0.529. The molecule has 0 N–H and O–H groups in total. The third-order valence-electron chi connectivity index (χ3n) is 1.48. The van der Waals surface area contributed by atoms with E-state index in [1.54, 1.807) is 6.08 Å². The zero-order chi connectivity index (χ0) is 7.23. The average molecular weight is 139 g/mol. The number of morpholine rings is 1. The summed E-state index contributed by atoms with van der Waals surface area (Å²) < 4.78 is 5.18. The van der Waals surface area contributed by atoms with Gasteiger partial charge < -0.3 is 9.64 Å². The average Bonchev–Trinajstić information content (AvgIpc) is 2.03. The zero-order valence-corrected chi connectivity index (χ0v) is 6.12. The summed E-state index contributed by atoms with van der Waals surface area (Å²) in [5.41, 5.74) is 0. The van der Waals surface area contributed by atoms with Gasteiger partial charge in [-0.1, -0.05) is 12.7 Å². The highest BCUT2D eigenvalue weighted by Gasteiger charge is 2.03. The lowest BCUT2D eigenvalue weighted by Gasteiger charge is -2.24. The molecule has 0 radical (unpaired) electrons. The third kappa shape index (κ3) is 2.23. The van der Waals surface area contributed by atoms with Crippen LogP contribution in [0.1, 0.15) is 0 Å². The van der Waals surface area contributed by atoms with Crippen molar-refractivity contribution in [2.45, 2.75) is 0 Å². The van der Waals surface area contributed by atoms with Crippen LogP contribution >= 0.6 is 0 Å². The molecule has 56 valence electrons. The van der Waals surface area contributed by atoms with Crippen LogP contribution in [-0.4, -0.2) is 31.2 Å². The van der Waals surface area contributed by atoms with E-state index in [1.165, 1.54) is 0 Å². The maximum atomic E-state index is 5.18. The van der Waals surface area contributed by atoms with Gasteiger partial charge >= 0.3 is 0 Å². The molecule has 0 aromatic heterocycles. The number of rotatable bonds is 2. The van der Waals surface area contributed by atoms with Crippen LogP contribution in [0.5, 0.6) is 0 Å². The predicted octanol–water partition coefficient (Wildman–Crippen LogP) is 1.02. The summed E-state index contributed by atoms with van der Waals surface area (Å²) in [6.07, 6.45) is 5.79. The minimum Gasteiger partial charge on any atom is -0.378 e. The van der Waals surface area contributed by atoms with E-state index >= 15 is 0 Å². The summed E-state index contributed by atoms with van der Waals surface area (Å²) in [6.45, 7) is 7.31. The van der Waals surface area contributed by atoms with Gasteiger partial charge in [0.15, 0.2) is 0 Å². The lowest BCUT2D eigenvalue weighted by molar-refractivity contribution is 0.0594. The SMILES string of the molecule is C=CC=CN1CCOCC1. The van der Waals surface area contributed by atoms with E-state index in [4.69, 9.17) is 4.74 Å². The fourth-order valence-corrected chi connectivity index (χ4v) is 0.909. The molecular weight excluding hydrogens is 126 g/mol. The number of nitrogens with zero attached hydrogens (tertiary/aromatic N) is 1. The summed E-state index contributed by atoms with van der Waals surface area (Å²) >= 11 is 0. The Bertz CT molecular complexity index is 125. The van der Waals surface area contributed by atoms with Crippen molar-refractivity contribution in [2.75, 3.05) is 26.3 Å². The Kier molecular flexibility index (Phi) is 3.03. The second kappa shape index (κ2) is 4.12. The van der Waals surface area contributed by atoms with Gasteiger partial charge in [-0.25, -0.2) is 0 Å². The first-order chi connectivity index (χ1) is 4.93. The summed E-state index contributed by atoms with van der Waals surface area (Å²) in [7, 11) is 0. The standard InChI is InChI=1S/C8H13NO/c1-2-3-4-9-5-7-10-8-6-9/h2-4H,1,5-8H2. The minimum atomic E-state index is 0.849. The van der Waals surface area contributed by atoms with Crippen molar-refractivity contribution in [3.05, 3.63) is 24.9 Å². The largest absolute Gasteiger partial charge is 0.378 e. The number of hydrogen-bond acceptors (Lipinski definition) is 2. The lowest BCUT2D eigenvalue weighted by atomic mass is 10.4. The van der Waals surface area contributed by atoms with Crippen LogP contribution in [-0.2, 0) is 4.74 Å². The fraction of sp³-hybridized carbons (Fsp3) is 0.500. The molecule has 1 saturated heterocycles. The Hall–Kier alpha value is -0.760. The molecule has 10 heavy (non-hydrogen) atoms. The van der Waals surface area contributed by atoms with Crippen molar-refractivity contribution in [2.24, 2.45) is 0 Å². The topological polar surface area (TPSA) is 12.5 Å². The van der Waals surface area contributed by atoms with Crippen LogP contribution in [0, 0.1) is 0 Å². The Morgan fingerprint density at radius 2 is 2.00 bits per heavy atom. The van der Waals surface area contributed by atoms with Crippen molar-refractivity contribution in [3.63, 3.8) is 0 Å². The van der Waals surface area contributed by atoms with Crippen molar-refractivity contribution in [1.29, 1.82) is 0 Å². The summed E-state index contributed by atoms with van der Waals surface area (Å²) in [6, 6.07) is 0. The molecule has 1 aliphatic heterocycles. The molecule has 0 aliphatic carbocycles. The molecule has 2 heteroatoms. The molecule has 2 nitrogen and oxygen atoms in total. The van der Waals surface area contributed by atoms with Gasteiger partial charge in [-0.2, -0.15) is 0 Å². The van der Waals surface area contributed by atoms with Gasteiger partial charge in [0.1, 0.15) is 0 Å². The van der Waals surface area contributed by atoms with Gasteiger partial charge in [0, 0.05) is 13.1 Å². The molecule has 0 atom stereocenters. The van der Waals surface area contributed by atoms with E-state index in [1.807, 2.05) is 6.08 Å². The normalized spacial score (nSPS) is 19.8. The van der Waals surface area contributed by atoms with Gasteiger partial charge in [0.05, 0.1) is 13.2 Å². The summed E-state index contributed by atoms with van der Waals surface area (Å²) in [5, 5.41) is 0. The van der Waals surface area contributed by atoms with Crippen LogP contribution in [0.2, 0.25) is 0 Å². The molecule has 0 aromatic carbocycles. The van der Waals surface area contributed by atoms with Gasteiger partial charge in [-0.05, 0) is 12.3 Å². The van der Waals surface area contributed by atoms with Crippen LogP contribution in [0.25, 0.3) is 0 Å². The molecule has 0 unspecified atom stereocenters. The van der Waals surface area contributed by atoms with E-state index in [0.29, 0.717) is 0 Å². The Balaban J connectivity index is 2.25. The first-order valence-corrected chi connectivity index (χ1v) is 3.54. The van der Waals surface area contributed by atoms with Crippen LogP contribution in [0.15, 0.2) is 24.9 Å². The van der Waals surface area contributed by atoms with Gasteiger partial charge in [-0.15, -0.1) is 0 Å². The van der Waals surface area contributed by atoms with Crippen LogP contribution in [0.3, 0.4) is 0 Å². The predicted molar refractivity (Wildman–Crippen MR) is 41.7 cm³/mol.